The molecule has 0 fully saturated rings. The normalized spacial score (nSPS) is 13.3. The fourth-order valence-corrected chi connectivity index (χ4v) is 5.48. The van der Waals surface area contributed by atoms with Crippen LogP contribution in [0.5, 0.6) is 11.5 Å². The summed E-state index contributed by atoms with van der Waals surface area (Å²) >= 11 is 5.23. The molecule has 0 saturated heterocycles. The highest BCUT2D eigenvalue weighted by atomic mass is 32.9. The fourth-order valence-electron chi connectivity index (χ4n) is 1.95. The Kier molecular flexibility index (Phi) is 3.33. The maximum Gasteiger partial charge on any atom is 0.298 e. The molecule has 0 amide bonds. The molecule has 0 atom stereocenters. The van der Waals surface area contributed by atoms with Gasteiger partial charge in [0.15, 0.2) is 0 Å². The van der Waals surface area contributed by atoms with Crippen LogP contribution in [-0.2, 0) is 16.7 Å². The lowest BCUT2D eigenvalue weighted by molar-refractivity contribution is 0.300. The summed E-state index contributed by atoms with van der Waals surface area (Å²) < 4.78 is 43.3. The zero-order chi connectivity index (χ0) is 14.5. The van der Waals surface area contributed by atoms with Crippen LogP contribution < -0.4 is 9.47 Å². The summed E-state index contributed by atoms with van der Waals surface area (Å²) in [6, 6.07) is 2.83. The predicted molar refractivity (Wildman–Crippen MR) is 79.2 cm³/mol. The van der Waals surface area contributed by atoms with Crippen molar-refractivity contribution in [3.8, 4) is 21.9 Å². The third kappa shape index (κ3) is 2.15. The summed E-state index contributed by atoms with van der Waals surface area (Å²) in [6.07, 6.45) is 0. The Morgan fingerprint density at radius 1 is 1.40 bits per heavy atom. The Balaban J connectivity index is 2.30. The number of fused-ring (bicyclic) bond motifs is 3. The van der Waals surface area contributed by atoms with Gasteiger partial charge in [-0.15, -0.1) is 0 Å². The molecule has 0 bridgehead atoms. The van der Waals surface area contributed by atoms with E-state index in [9.17, 15) is 13.0 Å². The number of ether oxygens (including phenoxy) is 2. The topological polar surface area (TPSA) is 72.8 Å². The Morgan fingerprint density at radius 3 is 2.80 bits per heavy atom. The zero-order valence-electron chi connectivity index (χ0n) is 10.1. The van der Waals surface area contributed by atoms with Crippen molar-refractivity contribution in [1.29, 1.82) is 0 Å². The quantitative estimate of drug-likeness (QED) is 0.510. The van der Waals surface area contributed by atoms with Gasteiger partial charge in [-0.2, -0.15) is 8.42 Å². The van der Waals surface area contributed by atoms with Crippen molar-refractivity contribution in [2.24, 2.45) is 0 Å². The zero-order valence-corrected chi connectivity index (χ0v) is 13.3. The van der Waals surface area contributed by atoms with E-state index >= 15 is 0 Å². The maximum atomic E-state index is 11.4. The lowest BCUT2D eigenvalue weighted by Crippen LogP contribution is -2.07. The van der Waals surface area contributed by atoms with Gasteiger partial charge in [0.25, 0.3) is 10.1 Å². The second kappa shape index (κ2) is 4.78. The molecule has 1 aliphatic heterocycles. The van der Waals surface area contributed by atoms with Crippen LogP contribution in [0.15, 0.2) is 17.0 Å². The van der Waals surface area contributed by atoms with Crippen molar-refractivity contribution in [1.82, 2.24) is 0 Å². The van der Waals surface area contributed by atoms with Crippen molar-refractivity contribution < 1.29 is 22.4 Å². The number of hydrogen-bond donors (Lipinski definition) is 1. The molecule has 0 radical (unpaired) electrons. The molecule has 1 N–H and O–H groups in total. The van der Waals surface area contributed by atoms with Gasteiger partial charge >= 0.3 is 0 Å². The Bertz CT molecular complexity index is 846. The van der Waals surface area contributed by atoms with Crippen LogP contribution in [0.2, 0.25) is 0 Å². The van der Waals surface area contributed by atoms with Crippen LogP contribution in [0.1, 0.15) is 5.56 Å². The molecule has 9 heteroatoms. The predicted octanol–water partition coefficient (Wildman–Crippen LogP) is 3.35. The molecule has 1 aliphatic rings. The summed E-state index contributed by atoms with van der Waals surface area (Å²) in [5.41, 5.74) is 1.66. The first-order valence-corrected chi connectivity index (χ1v) is 9.36. The molecule has 0 unspecified atom stereocenters. The Hall–Kier alpha value is -1.000. The van der Waals surface area contributed by atoms with Gasteiger partial charge in [-0.1, -0.05) is 32.9 Å². The average molecular weight is 348 g/mol. The minimum atomic E-state index is -4.37. The van der Waals surface area contributed by atoms with Crippen LogP contribution >= 0.6 is 32.9 Å². The van der Waals surface area contributed by atoms with E-state index in [0.717, 1.165) is 19.8 Å². The van der Waals surface area contributed by atoms with Crippen LogP contribution in [0.25, 0.3) is 10.4 Å². The summed E-state index contributed by atoms with van der Waals surface area (Å²) in [5.74, 6) is 0.474. The monoisotopic (exact) mass is 348 g/mol. The largest absolute Gasteiger partial charge is 0.495 e. The minimum absolute atomic E-state index is 0.0759. The first-order chi connectivity index (χ1) is 9.41. The summed E-state index contributed by atoms with van der Waals surface area (Å²) in [5, 5.41) is 0. The van der Waals surface area contributed by atoms with Crippen LogP contribution in [0, 0.1) is 3.82 Å². The molecule has 2 heterocycles. The summed E-state index contributed by atoms with van der Waals surface area (Å²) in [6.45, 7) is 0.304. The molecule has 106 valence electrons. The van der Waals surface area contributed by atoms with Crippen LogP contribution in [0.4, 0.5) is 0 Å². The molecule has 0 saturated carbocycles. The average Bonchev–Trinajstić information content (AvgIpc) is 2.78. The smallest absolute Gasteiger partial charge is 0.298 e. The maximum absolute atomic E-state index is 11.4. The van der Waals surface area contributed by atoms with Crippen molar-refractivity contribution >= 4 is 43.0 Å². The molecule has 1 aromatic heterocycles. The van der Waals surface area contributed by atoms with Gasteiger partial charge in [0, 0.05) is 17.2 Å². The van der Waals surface area contributed by atoms with Crippen LogP contribution in [-0.4, -0.2) is 20.1 Å². The third-order valence-electron chi connectivity index (χ3n) is 2.88. The third-order valence-corrected chi connectivity index (χ3v) is 6.93. The van der Waals surface area contributed by atoms with Gasteiger partial charge in [-0.25, -0.2) is 0 Å². The van der Waals surface area contributed by atoms with Crippen molar-refractivity contribution in [3.63, 3.8) is 0 Å². The van der Waals surface area contributed by atoms with E-state index in [-0.39, 0.29) is 10.6 Å². The van der Waals surface area contributed by atoms with Crippen LogP contribution in [0.3, 0.4) is 0 Å². The summed E-state index contributed by atoms with van der Waals surface area (Å²) in [7, 11) is -0.0348. The van der Waals surface area contributed by atoms with E-state index in [1.165, 1.54) is 33.9 Å². The van der Waals surface area contributed by atoms with E-state index in [1.807, 2.05) is 0 Å². The van der Waals surface area contributed by atoms with Crippen molar-refractivity contribution in [2.45, 2.75) is 11.5 Å². The Labute approximate surface area is 127 Å². The van der Waals surface area contributed by atoms with Gasteiger partial charge in [-0.3, -0.25) is 4.55 Å². The highest BCUT2D eigenvalue weighted by Gasteiger charge is 2.26. The van der Waals surface area contributed by atoms with Crippen molar-refractivity contribution in [3.05, 3.63) is 21.5 Å². The molecular weight excluding hydrogens is 340 g/mol. The number of benzene rings is 1. The second-order valence-electron chi connectivity index (χ2n) is 4.02. The Morgan fingerprint density at radius 2 is 2.15 bits per heavy atom. The van der Waals surface area contributed by atoms with E-state index in [4.69, 9.17) is 21.7 Å². The number of rotatable bonds is 2. The highest BCUT2D eigenvalue weighted by molar-refractivity contribution is 7.86. The van der Waals surface area contributed by atoms with Gasteiger partial charge in [-0.05, 0) is 6.07 Å². The van der Waals surface area contributed by atoms with E-state index in [0.29, 0.717) is 12.4 Å². The minimum Gasteiger partial charge on any atom is -0.495 e. The first-order valence-electron chi connectivity index (χ1n) is 5.36. The van der Waals surface area contributed by atoms with Gasteiger partial charge in [0.05, 0.1) is 12.0 Å². The highest BCUT2D eigenvalue weighted by Crippen LogP contribution is 2.46. The summed E-state index contributed by atoms with van der Waals surface area (Å²) in [4.78, 5) is 0.655. The lowest BCUT2D eigenvalue weighted by Gasteiger charge is -2.19. The second-order valence-corrected chi connectivity index (χ2v) is 8.23. The van der Waals surface area contributed by atoms with Crippen molar-refractivity contribution in [2.75, 3.05) is 7.11 Å². The van der Waals surface area contributed by atoms with E-state index in [1.54, 1.807) is 6.07 Å². The molecule has 0 spiro atoms. The van der Waals surface area contributed by atoms with Gasteiger partial charge < -0.3 is 9.47 Å². The van der Waals surface area contributed by atoms with Gasteiger partial charge in [0.2, 0.25) is 0 Å². The molecule has 2 aromatic rings. The molecule has 1 aromatic carbocycles. The lowest BCUT2D eigenvalue weighted by atomic mass is 10.1. The SMILES string of the molecule is COc1cc2c(cc1S(=O)(=O)O)OCc1c-2ssc1=S. The molecular formula is C11H8O5S4. The first kappa shape index (κ1) is 14.0. The molecule has 5 nitrogen and oxygen atoms in total. The van der Waals surface area contributed by atoms with E-state index < -0.39 is 10.1 Å². The molecule has 3 rings (SSSR count). The molecule has 20 heavy (non-hydrogen) atoms. The fraction of sp³-hybridized carbons (Fsp3) is 0.182. The number of methoxy groups -OCH3 is 1. The molecule has 0 aliphatic carbocycles. The number of hydrogen-bond acceptors (Lipinski definition) is 7. The standard InChI is InChI=1S/C11H8O5S4/c1-15-8-2-5-7(3-9(8)20(12,13)14)16-4-6-10(5)18-19-11(6)17/h2-3H,4H2,1H3,(H,12,13,14). The van der Waals surface area contributed by atoms with Gasteiger partial charge in [0.1, 0.15) is 26.8 Å². The van der Waals surface area contributed by atoms with E-state index in [2.05, 4.69) is 0 Å².